The van der Waals surface area contributed by atoms with Gasteiger partial charge in [0.05, 0.1) is 17.0 Å². The van der Waals surface area contributed by atoms with E-state index >= 15 is 0 Å². The predicted octanol–water partition coefficient (Wildman–Crippen LogP) is 3.80. The van der Waals surface area contributed by atoms with Gasteiger partial charge in [-0.3, -0.25) is 4.79 Å². The molecule has 0 spiro atoms. The Hall–Kier alpha value is -2.43. The first kappa shape index (κ1) is 15.1. The molecule has 1 aliphatic rings. The number of benzene rings is 2. The van der Waals surface area contributed by atoms with Crippen molar-refractivity contribution < 1.29 is 9.90 Å². The van der Waals surface area contributed by atoms with Crippen molar-refractivity contribution >= 4 is 17.2 Å². The summed E-state index contributed by atoms with van der Waals surface area (Å²) in [6, 6.07) is 19.4. The highest BCUT2D eigenvalue weighted by Crippen LogP contribution is 2.33. The molecule has 0 saturated heterocycles. The quantitative estimate of drug-likeness (QED) is 0.765. The molecule has 0 saturated carbocycles. The van der Waals surface area contributed by atoms with Crippen LogP contribution in [0.3, 0.4) is 0 Å². The number of nitrogens with one attached hydrogen (secondary N) is 1. The van der Waals surface area contributed by atoms with Gasteiger partial charge in [-0.05, 0) is 28.1 Å². The molecule has 0 aliphatic heterocycles. The Morgan fingerprint density at radius 3 is 2.62 bits per heavy atom. The van der Waals surface area contributed by atoms with Gasteiger partial charge in [0.1, 0.15) is 0 Å². The fraction of sp³-hybridized carbons (Fsp3) is 0.150. The molecule has 0 radical (unpaired) electrons. The van der Waals surface area contributed by atoms with Crippen LogP contribution >= 0.6 is 11.3 Å². The van der Waals surface area contributed by atoms with Crippen LogP contribution in [0.5, 0.6) is 0 Å². The number of thiophene rings is 1. The summed E-state index contributed by atoms with van der Waals surface area (Å²) in [5.41, 5.74) is 4.07. The minimum atomic E-state index is -0.577. The van der Waals surface area contributed by atoms with Crippen LogP contribution in [-0.2, 0) is 6.42 Å². The van der Waals surface area contributed by atoms with Gasteiger partial charge in [-0.1, -0.05) is 54.6 Å². The molecule has 120 valence electrons. The molecule has 2 atom stereocenters. The Bertz CT molecular complexity index is 872. The molecule has 0 unspecified atom stereocenters. The van der Waals surface area contributed by atoms with Crippen LogP contribution < -0.4 is 5.32 Å². The molecular weight excluding hydrogens is 318 g/mol. The van der Waals surface area contributed by atoms with Gasteiger partial charge in [0.15, 0.2) is 0 Å². The fourth-order valence-corrected chi connectivity index (χ4v) is 4.10. The molecule has 1 aliphatic carbocycles. The monoisotopic (exact) mass is 335 g/mol. The highest BCUT2D eigenvalue weighted by atomic mass is 32.1. The van der Waals surface area contributed by atoms with Gasteiger partial charge in [-0.15, -0.1) is 11.3 Å². The zero-order valence-electron chi connectivity index (χ0n) is 13.0. The summed E-state index contributed by atoms with van der Waals surface area (Å²) >= 11 is 1.42. The molecule has 2 aromatic carbocycles. The summed E-state index contributed by atoms with van der Waals surface area (Å²) in [5.74, 6) is -0.135. The van der Waals surface area contributed by atoms with Crippen LogP contribution in [-0.4, -0.2) is 17.1 Å². The zero-order valence-corrected chi connectivity index (χ0v) is 13.8. The first-order valence-corrected chi connectivity index (χ1v) is 8.81. The molecular formula is C20H17NO2S. The van der Waals surface area contributed by atoms with Crippen LogP contribution in [0.1, 0.15) is 26.8 Å². The van der Waals surface area contributed by atoms with Crippen LogP contribution in [0.4, 0.5) is 0 Å². The molecule has 24 heavy (non-hydrogen) atoms. The number of rotatable bonds is 3. The van der Waals surface area contributed by atoms with E-state index < -0.39 is 6.10 Å². The molecule has 1 aromatic heterocycles. The van der Waals surface area contributed by atoms with Gasteiger partial charge in [0.25, 0.3) is 5.91 Å². The average molecular weight is 335 g/mol. The third-order valence-electron chi connectivity index (χ3n) is 4.45. The lowest BCUT2D eigenvalue weighted by atomic mass is 10.1. The Labute approximate surface area is 144 Å². The third-order valence-corrected chi connectivity index (χ3v) is 5.36. The standard InChI is InChI=1S/C20H17NO2S/c22-17-12-14-8-4-5-9-15(14)18(17)21-20(23)19-16(10-11-24-19)13-6-2-1-3-7-13/h1-11,17-18,22H,12H2,(H,21,23)/t17-,18+/m0/s1. The smallest absolute Gasteiger partial charge is 0.262 e. The molecule has 1 heterocycles. The van der Waals surface area contributed by atoms with Crippen molar-refractivity contribution in [2.45, 2.75) is 18.6 Å². The van der Waals surface area contributed by atoms with E-state index in [1.165, 1.54) is 11.3 Å². The van der Waals surface area contributed by atoms with E-state index in [-0.39, 0.29) is 11.9 Å². The molecule has 3 aromatic rings. The Morgan fingerprint density at radius 2 is 1.79 bits per heavy atom. The lowest BCUT2D eigenvalue weighted by Gasteiger charge is -2.18. The van der Waals surface area contributed by atoms with Crippen LogP contribution in [0.2, 0.25) is 0 Å². The van der Waals surface area contributed by atoms with E-state index in [4.69, 9.17) is 0 Å². The summed E-state index contributed by atoms with van der Waals surface area (Å²) in [5, 5.41) is 15.3. The lowest BCUT2D eigenvalue weighted by Crippen LogP contribution is -2.33. The summed E-state index contributed by atoms with van der Waals surface area (Å²) in [4.78, 5) is 13.5. The Morgan fingerprint density at radius 1 is 1.04 bits per heavy atom. The van der Waals surface area contributed by atoms with E-state index in [0.717, 1.165) is 22.3 Å². The Balaban J connectivity index is 1.61. The number of amides is 1. The van der Waals surface area contributed by atoms with Crippen molar-refractivity contribution in [1.82, 2.24) is 5.32 Å². The SMILES string of the molecule is O=C(N[C@@H]1c2ccccc2C[C@@H]1O)c1sccc1-c1ccccc1. The normalized spacial score (nSPS) is 19.0. The van der Waals surface area contributed by atoms with Crippen LogP contribution in [0, 0.1) is 0 Å². The maximum atomic E-state index is 12.8. The van der Waals surface area contributed by atoms with Gasteiger partial charge in [-0.2, -0.15) is 0 Å². The van der Waals surface area contributed by atoms with Crippen LogP contribution in [0.25, 0.3) is 11.1 Å². The number of hydrogen-bond acceptors (Lipinski definition) is 3. The predicted molar refractivity (Wildman–Crippen MR) is 96.1 cm³/mol. The van der Waals surface area contributed by atoms with E-state index in [1.54, 1.807) is 0 Å². The number of carbonyl (C=O) groups is 1. The third kappa shape index (κ3) is 2.64. The van der Waals surface area contributed by atoms with E-state index in [9.17, 15) is 9.90 Å². The molecule has 3 nitrogen and oxygen atoms in total. The minimum Gasteiger partial charge on any atom is -0.390 e. The van der Waals surface area contributed by atoms with Gasteiger partial charge >= 0.3 is 0 Å². The maximum absolute atomic E-state index is 12.8. The minimum absolute atomic E-state index is 0.135. The highest BCUT2D eigenvalue weighted by Gasteiger charge is 2.32. The van der Waals surface area contributed by atoms with Crippen molar-refractivity contribution in [3.8, 4) is 11.1 Å². The second-order valence-corrected chi connectivity index (χ2v) is 6.87. The zero-order chi connectivity index (χ0) is 16.5. The van der Waals surface area contributed by atoms with Crippen molar-refractivity contribution in [3.63, 3.8) is 0 Å². The summed E-state index contributed by atoms with van der Waals surface area (Å²) in [7, 11) is 0. The summed E-state index contributed by atoms with van der Waals surface area (Å²) in [6.45, 7) is 0. The molecule has 4 rings (SSSR count). The number of aliphatic hydroxyl groups is 1. The van der Waals surface area contributed by atoms with Gasteiger partial charge in [0.2, 0.25) is 0 Å². The van der Waals surface area contributed by atoms with E-state index in [0.29, 0.717) is 11.3 Å². The maximum Gasteiger partial charge on any atom is 0.262 e. The van der Waals surface area contributed by atoms with Gasteiger partial charge < -0.3 is 10.4 Å². The lowest BCUT2D eigenvalue weighted by molar-refractivity contribution is 0.0862. The number of fused-ring (bicyclic) bond motifs is 1. The molecule has 1 amide bonds. The Kier molecular flexibility index (Phi) is 3.92. The first-order valence-electron chi connectivity index (χ1n) is 7.93. The van der Waals surface area contributed by atoms with E-state index in [2.05, 4.69) is 5.32 Å². The number of carbonyl (C=O) groups excluding carboxylic acids is 1. The van der Waals surface area contributed by atoms with Gasteiger partial charge in [-0.25, -0.2) is 0 Å². The topological polar surface area (TPSA) is 49.3 Å². The molecule has 0 fully saturated rings. The fourth-order valence-electron chi connectivity index (χ4n) is 3.28. The van der Waals surface area contributed by atoms with Crippen molar-refractivity contribution in [1.29, 1.82) is 0 Å². The van der Waals surface area contributed by atoms with Crippen LogP contribution in [0.15, 0.2) is 66.0 Å². The van der Waals surface area contributed by atoms with E-state index in [1.807, 2.05) is 66.0 Å². The second-order valence-electron chi connectivity index (χ2n) is 5.95. The van der Waals surface area contributed by atoms with Crippen molar-refractivity contribution in [3.05, 3.63) is 82.0 Å². The first-order chi connectivity index (χ1) is 11.7. The van der Waals surface area contributed by atoms with Gasteiger partial charge in [0, 0.05) is 12.0 Å². The second kappa shape index (κ2) is 6.23. The number of hydrogen-bond donors (Lipinski definition) is 2. The largest absolute Gasteiger partial charge is 0.390 e. The average Bonchev–Trinajstić information content (AvgIpc) is 3.21. The molecule has 4 heteroatoms. The molecule has 2 N–H and O–H groups in total. The van der Waals surface area contributed by atoms with Crippen molar-refractivity contribution in [2.75, 3.05) is 0 Å². The summed E-state index contributed by atoms with van der Waals surface area (Å²) in [6.07, 6.45) is 0.00313. The molecule has 0 bridgehead atoms. The highest BCUT2D eigenvalue weighted by molar-refractivity contribution is 7.12. The summed E-state index contributed by atoms with van der Waals surface area (Å²) < 4.78 is 0. The van der Waals surface area contributed by atoms with Crippen molar-refractivity contribution in [2.24, 2.45) is 0 Å². The number of aliphatic hydroxyl groups excluding tert-OH is 1.